The number of aromatic nitrogens is 3. The van der Waals surface area contributed by atoms with Crippen LogP contribution in [-0.4, -0.2) is 20.1 Å². The standard InChI is InChI=1S/C13H18N4O/c1-2-3-4-13-12(9-14)15-16-17(13)10-5-7-11(18)8-6-10/h5-8,18H,2-4,9,14H2,1H3. The first-order chi connectivity index (χ1) is 8.76. The zero-order valence-electron chi connectivity index (χ0n) is 10.5. The summed E-state index contributed by atoms with van der Waals surface area (Å²) in [5, 5.41) is 17.6. The van der Waals surface area contributed by atoms with E-state index in [2.05, 4.69) is 17.2 Å². The predicted molar refractivity (Wildman–Crippen MR) is 69.5 cm³/mol. The fourth-order valence-electron chi connectivity index (χ4n) is 1.89. The van der Waals surface area contributed by atoms with Gasteiger partial charge in [0.2, 0.25) is 0 Å². The van der Waals surface area contributed by atoms with E-state index >= 15 is 0 Å². The Hall–Kier alpha value is -1.88. The van der Waals surface area contributed by atoms with Crippen LogP contribution in [0.3, 0.4) is 0 Å². The van der Waals surface area contributed by atoms with E-state index in [4.69, 9.17) is 5.73 Å². The molecule has 96 valence electrons. The summed E-state index contributed by atoms with van der Waals surface area (Å²) in [6, 6.07) is 6.92. The molecule has 2 rings (SSSR count). The summed E-state index contributed by atoms with van der Waals surface area (Å²) in [6.45, 7) is 2.55. The topological polar surface area (TPSA) is 77.0 Å². The van der Waals surface area contributed by atoms with Crippen LogP contribution >= 0.6 is 0 Å². The normalized spacial score (nSPS) is 10.8. The van der Waals surface area contributed by atoms with Crippen molar-refractivity contribution in [2.24, 2.45) is 5.73 Å². The molecule has 0 atom stereocenters. The van der Waals surface area contributed by atoms with Crippen molar-refractivity contribution in [3.8, 4) is 11.4 Å². The Morgan fingerprint density at radius 1 is 1.28 bits per heavy atom. The van der Waals surface area contributed by atoms with E-state index in [1.54, 1.807) is 16.8 Å². The number of hydrogen-bond acceptors (Lipinski definition) is 4. The number of nitrogens with two attached hydrogens (primary N) is 1. The van der Waals surface area contributed by atoms with Crippen LogP contribution in [0.2, 0.25) is 0 Å². The minimum absolute atomic E-state index is 0.244. The fourth-order valence-corrected chi connectivity index (χ4v) is 1.89. The van der Waals surface area contributed by atoms with Crippen molar-refractivity contribution in [1.82, 2.24) is 15.0 Å². The van der Waals surface area contributed by atoms with Gasteiger partial charge in [0, 0.05) is 6.54 Å². The van der Waals surface area contributed by atoms with Gasteiger partial charge >= 0.3 is 0 Å². The first-order valence-electron chi connectivity index (χ1n) is 6.19. The van der Waals surface area contributed by atoms with Gasteiger partial charge in [0.1, 0.15) is 5.75 Å². The van der Waals surface area contributed by atoms with E-state index in [0.29, 0.717) is 6.54 Å². The van der Waals surface area contributed by atoms with Crippen molar-refractivity contribution in [1.29, 1.82) is 0 Å². The number of phenolic OH excluding ortho intramolecular Hbond substituents is 1. The Balaban J connectivity index is 2.37. The third-order valence-corrected chi connectivity index (χ3v) is 2.90. The first kappa shape index (κ1) is 12.6. The molecule has 1 aromatic heterocycles. The molecule has 0 unspecified atom stereocenters. The molecule has 0 saturated carbocycles. The molecule has 18 heavy (non-hydrogen) atoms. The maximum atomic E-state index is 9.30. The lowest BCUT2D eigenvalue weighted by atomic mass is 10.1. The smallest absolute Gasteiger partial charge is 0.115 e. The number of hydrogen-bond donors (Lipinski definition) is 2. The third kappa shape index (κ3) is 2.51. The Morgan fingerprint density at radius 2 is 2.00 bits per heavy atom. The molecule has 1 heterocycles. The van der Waals surface area contributed by atoms with E-state index in [1.807, 2.05) is 12.1 Å². The Morgan fingerprint density at radius 3 is 2.61 bits per heavy atom. The van der Waals surface area contributed by atoms with Gasteiger partial charge in [-0.25, -0.2) is 4.68 Å². The monoisotopic (exact) mass is 246 g/mol. The molecule has 5 heteroatoms. The van der Waals surface area contributed by atoms with Crippen LogP contribution in [0.1, 0.15) is 31.2 Å². The fraction of sp³-hybridized carbons (Fsp3) is 0.385. The molecular weight excluding hydrogens is 228 g/mol. The average Bonchev–Trinajstić information content (AvgIpc) is 2.80. The second-order valence-electron chi connectivity index (χ2n) is 4.22. The van der Waals surface area contributed by atoms with Gasteiger partial charge in [0.25, 0.3) is 0 Å². The quantitative estimate of drug-likeness (QED) is 0.843. The second-order valence-corrected chi connectivity index (χ2v) is 4.22. The summed E-state index contributed by atoms with van der Waals surface area (Å²) in [4.78, 5) is 0. The van der Waals surface area contributed by atoms with Crippen molar-refractivity contribution in [3.63, 3.8) is 0 Å². The van der Waals surface area contributed by atoms with Crippen molar-refractivity contribution in [3.05, 3.63) is 35.7 Å². The van der Waals surface area contributed by atoms with Gasteiger partial charge in [-0.2, -0.15) is 0 Å². The molecule has 0 amide bonds. The zero-order valence-corrected chi connectivity index (χ0v) is 10.5. The molecule has 5 nitrogen and oxygen atoms in total. The van der Waals surface area contributed by atoms with Crippen molar-refractivity contribution >= 4 is 0 Å². The molecule has 0 saturated heterocycles. The van der Waals surface area contributed by atoms with Gasteiger partial charge in [0.15, 0.2) is 0 Å². The van der Waals surface area contributed by atoms with Gasteiger partial charge in [-0.3, -0.25) is 0 Å². The summed E-state index contributed by atoms with van der Waals surface area (Å²) in [6.07, 6.45) is 3.11. The van der Waals surface area contributed by atoms with Crippen molar-refractivity contribution in [2.75, 3.05) is 0 Å². The number of benzene rings is 1. The van der Waals surface area contributed by atoms with Crippen LogP contribution < -0.4 is 5.73 Å². The molecule has 2 aromatic rings. The number of phenols is 1. The Bertz CT molecular complexity index is 504. The molecule has 0 bridgehead atoms. The van der Waals surface area contributed by atoms with E-state index in [9.17, 15) is 5.11 Å². The maximum Gasteiger partial charge on any atom is 0.115 e. The maximum absolute atomic E-state index is 9.30. The molecule has 0 aliphatic rings. The SMILES string of the molecule is CCCCc1c(CN)nnn1-c1ccc(O)cc1. The highest BCUT2D eigenvalue weighted by Gasteiger charge is 2.12. The molecule has 1 aromatic carbocycles. The first-order valence-corrected chi connectivity index (χ1v) is 6.19. The minimum Gasteiger partial charge on any atom is -0.508 e. The lowest BCUT2D eigenvalue weighted by Gasteiger charge is -2.07. The van der Waals surface area contributed by atoms with Crippen LogP contribution in [0.25, 0.3) is 5.69 Å². The highest BCUT2D eigenvalue weighted by molar-refractivity contribution is 5.37. The zero-order chi connectivity index (χ0) is 13.0. The van der Waals surface area contributed by atoms with E-state index < -0.39 is 0 Å². The largest absolute Gasteiger partial charge is 0.508 e. The summed E-state index contributed by atoms with van der Waals surface area (Å²) in [7, 11) is 0. The molecule has 3 N–H and O–H groups in total. The number of rotatable bonds is 5. The second kappa shape index (κ2) is 5.64. The van der Waals surface area contributed by atoms with Crippen LogP contribution in [0, 0.1) is 0 Å². The van der Waals surface area contributed by atoms with Crippen LogP contribution in [0.15, 0.2) is 24.3 Å². The van der Waals surface area contributed by atoms with Gasteiger partial charge < -0.3 is 10.8 Å². The molecule has 0 radical (unpaired) electrons. The molecular formula is C13H18N4O. The van der Waals surface area contributed by atoms with E-state index in [1.165, 1.54) is 0 Å². The average molecular weight is 246 g/mol. The van der Waals surface area contributed by atoms with Crippen LogP contribution in [0.5, 0.6) is 5.75 Å². The summed E-state index contributed by atoms with van der Waals surface area (Å²) in [5.74, 6) is 0.244. The summed E-state index contributed by atoms with van der Waals surface area (Å²) < 4.78 is 1.80. The Labute approximate surface area is 106 Å². The van der Waals surface area contributed by atoms with Crippen LogP contribution in [0.4, 0.5) is 0 Å². The van der Waals surface area contributed by atoms with Crippen LogP contribution in [-0.2, 0) is 13.0 Å². The minimum atomic E-state index is 0.244. The lowest BCUT2D eigenvalue weighted by Crippen LogP contribution is -2.06. The highest BCUT2D eigenvalue weighted by atomic mass is 16.3. The van der Waals surface area contributed by atoms with E-state index in [0.717, 1.165) is 36.3 Å². The highest BCUT2D eigenvalue weighted by Crippen LogP contribution is 2.17. The molecule has 0 aliphatic heterocycles. The molecule has 0 spiro atoms. The van der Waals surface area contributed by atoms with Gasteiger partial charge in [-0.15, -0.1) is 5.10 Å². The Kier molecular flexibility index (Phi) is 3.94. The van der Waals surface area contributed by atoms with Gasteiger partial charge in [-0.1, -0.05) is 18.6 Å². The molecule has 0 fully saturated rings. The van der Waals surface area contributed by atoms with Crippen molar-refractivity contribution < 1.29 is 5.11 Å². The third-order valence-electron chi connectivity index (χ3n) is 2.90. The predicted octanol–water partition coefficient (Wildman–Crippen LogP) is 1.77. The number of unbranched alkanes of at least 4 members (excludes halogenated alkanes) is 1. The van der Waals surface area contributed by atoms with Crippen molar-refractivity contribution in [2.45, 2.75) is 32.7 Å². The molecule has 0 aliphatic carbocycles. The summed E-state index contributed by atoms with van der Waals surface area (Å²) in [5.41, 5.74) is 8.48. The van der Waals surface area contributed by atoms with Gasteiger partial charge in [-0.05, 0) is 37.1 Å². The van der Waals surface area contributed by atoms with Gasteiger partial charge in [0.05, 0.1) is 17.1 Å². The number of nitrogens with zero attached hydrogens (tertiary/aromatic N) is 3. The summed E-state index contributed by atoms with van der Waals surface area (Å²) >= 11 is 0. The lowest BCUT2D eigenvalue weighted by molar-refractivity contribution is 0.475. The number of aromatic hydroxyl groups is 1. The van der Waals surface area contributed by atoms with E-state index in [-0.39, 0.29) is 5.75 Å².